The van der Waals surface area contributed by atoms with Crippen molar-refractivity contribution in [3.05, 3.63) is 42.2 Å². The quantitative estimate of drug-likeness (QED) is 0.203. The molecule has 0 fully saturated rings. The predicted octanol–water partition coefficient (Wildman–Crippen LogP) is 6.76. The summed E-state index contributed by atoms with van der Waals surface area (Å²) in [7, 11) is 0. The lowest BCUT2D eigenvalue weighted by Gasteiger charge is -1.93. The molecule has 0 spiro atoms. The lowest BCUT2D eigenvalue weighted by Crippen LogP contribution is -1.82. The summed E-state index contributed by atoms with van der Waals surface area (Å²) in [6.07, 6.45) is 0. The minimum absolute atomic E-state index is 0.173. The third-order valence-corrected chi connectivity index (χ3v) is 6.44. The highest BCUT2D eigenvalue weighted by Crippen LogP contribution is 2.33. The van der Waals surface area contributed by atoms with Crippen LogP contribution in [-0.4, -0.2) is 19.9 Å². The van der Waals surface area contributed by atoms with Crippen molar-refractivity contribution in [2.24, 2.45) is 0 Å². The summed E-state index contributed by atoms with van der Waals surface area (Å²) >= 11 is 29.1. The molecule has 4 rings (SSSR count). The van der Waals surface area contributed by atoms with Crippen molar-refractivity contribution in [1.82, 2.24) is 19.9 Å². The molecule has 0 aliphatic rings. The minimum Gasteiger partial charge on any atom is -0.217 e. The highest BCUT2D eigenvalue weighted by Gasteiger charge is 2.09. The topological polar surface area (TPSA) is 51.6 Å². The molecule has 11 heteroatoms. The molecule has 0 amide bonds. The molecule has 118 valence electrons. The van der Waals surface area contributed by atoms with Gasteiger partial charge in [-0.1, -0.05) is 23.2 Å². The smallest absolute Gasteiger partial charge is 0.217 e. The molecule has 0 aliphatic carbocycles. The summed E-state index contributed by atoms with van der Waals surface area (Å²) in [5.41, 5.74) is 1.57. The Kier molecular flexibility index (Phi) is 5.57. The van der Waals surface area contributed by atoms with Crippen molar-refractivity contribution in [1.29, 1.82) is 0 Å². The zero-order valence-corrected chi connectivity index (χ0v) is 17.0. The summed E-state index contributed by atoms with van der Waals surface area (Å²) in [6.45, 7) is 0. The fourth-order valence-corrected chi connectivity index (χ4v) is 4.83. The second-order valence-corrected chi connectivity index (χ2v) is 8.01. The predicted molar refractivity (Wildman–Crippen MR) is 103 cm³/mol. The molecule has 0 aromatic carbocycles. The summed E-state index contributed by atoms with van der Waals surface area (Å²) in [6, 6.07) is 1.86. The zero-order valence-electron chi connectivity index (χ0n) is 10.7. The summed E-state index contributed by atoms with van der Waals surface area (Å²) in [5.74, 6) is 0. The van der Waals surface area contributed by atoms with Crippen LogP contribution in [0.5, 0.6) is 0 Å². The Morgan fingerprint density at radius 3 is 2.22 bits per heavy atom. The van der Waals surface area contributed by atoms with Crippen LogP contribution in [0, 0.1) is 0 Å². The van der Waals surface area contributed by atoms with Crippen LogP contribution < -0.4 is 0 Å². The number of halogens is 5. The van der Waals surface area contributed by atoms with E-state index in [1.54, 1.807) is 0 Å². The number of hydrogen-bond acceptors (Lipinski definition) is 6. The van der Waals surface area contributed by atoms with Crippen molar-refractivity contribution in [3.63, 3.8) is 0 Å². The summed E-state index contributed by atoms with van der Waals surface area (Å²) in [4.78, 5) is 15.6. The normalized spacial score (nSPS) is 10.8. The van der Waals surface area contributed by atoms with Crippen LogP contribution in [0.3, 0.4) is 0 Å². The highest BCUT2D eigenvalue weighted by atomic mass is 79.9. The van der Waals surface area contributed by atoms with Gasteiger partial charge < -0.3 is 0 Å². The van der Waals surface area contributed by atoms with E-state index in [0.29, 0.717) is 10.3 Å². The van der Waals surface area contributed by atoms with Crippen molar-refractivity contribution in [3.8, 4) is 0 Å². The molecule has 0 radical (unpaired) electrons. The number of hydrogen-bond donors (Lipinski definition) is 0. The van der Waals surface area contributed by atoms with Crippen LogP contribution in [0.4, 0.5) is 0 Å². The Hall–Kier alpha value is -0.280. The standard InChI is InChI=1S/C6HBrCl2N2S.C6H2Cl2N2S/c7-2-1-12-4-3(2)10-6(9)11-5(4)8;7-5-4-3(1-2-11-4)9-6(8)10-5/h1H;1-2H. The first-order chi connectivity index (χ1) is 11.0. The fourth-order valence-electron chi connectivity index (χ4n) is 1.63. The van der Waals surface area contributed by atoms with Gasteiger partial charge in [0.1, 0.15) is 5.52 Å². The van der Waals surface area contributed by atoms with E-state index < -0.39 is 0 Å². The van der Waals surface area contributed by atoms with Gasteiger partial charge in [0.15, 0.2) is 10.3 Å². The van der Waals surface area contributed by atoms with E-state index in [1.165, 1.54) is 22.7 Å². The van der Waals surface area contributed by atoms with Gasteiger partial charge in [-0.25, -0.2) is 19.9 Å². The lowest BCUT2D eigenvalue weighted by atomic mass is 10.5. The van der Waals surface area contributed by atoms with Gasteiger partial charge in [0.2, 0.25) is 10.6 Å². The number of aromatic nitrogens is 4. The molecular formula is C12H3BrCl4N4S2. The lowest BCUT2D eigenvalue weighted by molar-refractivity contribution is 1.23. The van der Waals surface area contributed by atoms with Crippen molar-refractivity contribution in [2.45, 2.75) is 0 Å². The van der Waals surface area contributed by atoms with Crippen LogP contribution in [0.25, 0.3) is 20.4 Å². The molecule has 23 heavy (non-hydrogen) atoms. The minimum atomic E-state index is 0.173. The Labute approximate surface area is 166 Å². The molecule has 0 aliphatic heterocycles. The molecule has 0 atom stereocenters. The maximum absolute atomic E-state index is 5.83. The monoisotopic (exact) mass is 486 g/mol. The Bertz CT molecular complexity index is 1000. The van der Waals surface area contributed by atoms with Gasteiger partial charge in [-0.3, -0.25) is 0 Å². The van der Waals surface area contributed by atoms with Gasteiger partial charge in [-0.15, -0.1) is 22.7 Å². The van der Waals surface area contributed by atoms with E-state index in [9.17, 15) is 0 Å². The zero-order chi connectivity index (χ0) is 16.6. The fraction of sp³-hybridized carbons (Fsp3) is 0. The van der Waals surface area contributed by atoms with Gasteiger partial charge in [0.25, 0.3) is 0 Å². The third-order valence-electron chi connectivity index (χ3n) is 2.54. The molecule has 0 saturated heterocycles. The van der Waals surface area contributed by atoms with Gasteiger partial charge in [-0.2, -0.15) is 0 Å². The Balaban J connectivity index is 0.000000136. The average molecular weight is 489 g/mol. The third kappa shape index (κ3) is 3.87. The van der Waals surface area contributed by atoms with Gasteiger partial charge >= 0.3 is 0 Å². The van der Waals surface area contributed by atoms with E-state index in [1.807, 2.05) is 16.8 Å². The molecule has 4 aromatic heterocycles. The number of rotatable bonds is 0. The van der Waals surface area contributed by atoms with Crippen LogP contribution in [-0.2, 0) is 0 Å². The van der Waals surface area contributed by atoms with Crippen LogP contribution in [0.1, 0.15) is 0 Å². The molecular weight excluding hydrogens is 486 g/mol. The molecule has 0 N–H and O–H groups in total. The molecule has 0 saturated carbocycles. The summed E-state index contributed by atoms with van der Waals surface area (Å²) in [5, 5.41) is 5.01. The highest BCUT2D eigenvalue weighted by molar-refractivity contribution is 9.10. The molecule has 0 bridgehead atoms. The van der Waals surface area contributed by atoms with Gasteiger partial charge in [0, 0.05) is 5.38 Å². The first kappa shape index (κ1) is 17.5. The van der Waals surface area contributed by atoms with Crippen molar-refractivity contribution >= 4 is 105 Å². The average Bonchev–Trinajstić information content (AvgIpc) is 3.07. The van der Waals surface area contributed by atoms with E-state index >= 15 is 0 Å². The Morgan fingerprint density at radius 2 is 1.48 bits per heavy atom. The van der Waals surface area contributed by atoms with Gasteiger partial charge in [-0.05, 0) is 50.6 Å². The molecule has 4 nitrogen and oxygen atoms in total. The first-order valence-corrected chi connectivity index (χ1v) is 9.84. The van der Waals surface area contributed by atoms with E-state index in [-0.39, 0.29) is 10.6 Å². The van der Waals surface area contributed by atoms with Crippen molar-refractivity contribution in [2.75, 3.05) is 0 Å². The van der Waals surface area contributed by atoms with Gasteiger partial charge in [0.05, 0.1) is 19.4 Å². The molecule has 4 aromatic rings. The second kappa shape index (κ2) is 7.31. The summed E-state index contributed by atoms with van der Waals surface area (Å²) < 4.78 is 2.64. The van der Waals surface area contributed by atoms with E-state index in [4.69, 9.17) is 46.4 Å². The maximum Gasteiger partial charge on any atom is 0.224 e. The van der Waals surface area contributed by atoms with Crippen LogP contribution in [0.15, 0.2) is 21.3 Å². The Morgan fingerprint density at radius 1 is 0.826 bits per heavy atom. The van der Waals surface area contributed by atoms with Crippen molar-refractivity contribution < 1.29 is 0 Å². The van der Waals surface area contributed by atoms with E-state index in [0.717, 1.165) is 24.9 Å². The number of nitrogens with zero attached hydrogens (tertiary/aromatic N) is 4. The number of thiophene rings is 2. The first-order valence-electron chi connectivity index (χ1n) is 5.77. The maximum atomic E-state index is 5.83. The van der Waals surface area contributed by atoms with Crippen LogP contribution in [0.2, 0.25) is 20.9 Å². The number of fused-ring (bicyclic) bond motifs is 2. The second-order valence-electron chi connectivity index (χ2n) is 3.96. The van der Waals surface area contributed by atoms with E-state index in [2.05, 4.69) is 35.9 Å². The van der Waals surface area contributed by atoms with Crippen LogP contribution >= 0.6 is 85.0 Å². The molecule has 0 unspecified atom stereocenters. The largest absolute Gasteiger partial charge is 0.224 e. The SMILES string of the molecule is Clc1nc(Cl)c2scc(Br)c2n1.Clc1nc(Cl)c2sccc2n1. The molecule has 4 heterocycles.